The van der Waals surface area contributed by atoms with Crippen molar-refractivity contribution in [3.63, 3.8) is 0 Å². The van der Waals surface area contributed by atoms with Gasteiger partial charge < -0.3 is 45.3 Å². The molecule has 4 fully saturated rings. The van der Waals surface area contributed by atoms with Gasteiger partial charge in [-0.25, -0.2) is 22.5 Å². The maximum absolute atomic E-state index is 14.1. The van der Waals surface area contributed by atoms with E-state index in [4.69, 9.17) is 69.6 Å². The highest BCUT2D eigenvalue weighted by molar-refractivity contribution is 9.09. The van der Waals surface area contributed by atoms with Gasteiger partial charge in [-0.05, 0) is 178 Å². The van der Waals surface area contributed by atoms with Gasteiger partial charge in [0.2, 0.25) is 0 Å². The maximum Gasteiger partial charge on any atom is 0.268 e. The number of nitrogens with one attached hydrogen (secondary N) is 4. The molecule has 3 unspecified atom stereocenters. The number of rotatable bonds is 16. The predicted molar refractivity (Wildman–Crippen MR) is 457 cm³/mol. The second-order valence-corrected chi connectivity index (χ2v) is 31.9. The maximum atomic E-state index is 14.1. The van der Waals surface area contributed by atoms with Crippen LogP contribution in [0.2, 0.25) is 30.1 Å². The fraction of sp³-hybridized carbons (Fsp3) is 0.310. The van der Waals surface area contributed by atoms with Crippen molar-refractivity contribution in [2.75, 3.05) is 115 Å². The number of amides is 3. The first-order valence-electron chi connectivity index (χ1n) is 37.7. The molecule has 115 heavy (non-hydrogen) atoms. The van der Waals surface area contributed by atoms with Crippen LogP contribution in [0.25, 0.3) is 0 Å². The van der Waals surface area contributed by atoms with Gasteiger partial charge in [0.15, 0.2) is 0 Å². The fourth-order valence-electron chi connectivity index (χ4n) is 15.1. The number of hydrogen-bond donors (Lipinski definition) is 4. The summed E-state index contributed by atoms with van der Waals surface area (Å²) < 4.78 is 48.6. The molecule has 1 aliphatic carbocycles. The van der Waals surface area contributed by atoms with E-state index in [9.17, 15) is 41.9 Å². The molecule has 7 aliphatic rings. The second kappa shape index (κ2) is 36.6. The minimum atomic E-state index is -0.587. The van der Waals surface area contributed by atoms with Crippen molar-refractivity contribution in [1.29, 1.82) is 0 Å². The lowest BCUT2D eigenvalue weighted by molar-refractivity contribution is -0.128. The Kier molecular flexibility index (Phi) is 26.5. The van der Waals surface area contributed by atoms with Gasteiger partial charge in [0.05, 0.1) is 46.9 Å². The Bertz CT molecular complexity index is 5220. The van der Waals surface area contributed by atoms with E-state index in [-0.39, 0.29) is 51.9 Å². The third-order valence-electron chi connectivity index (χ3n) is 21.3. The van der Waals surface area contributed by atoms with Crippen LogP contribution in [-0.2, 0) is 27.5 Å². The van der Waals surface area contributed by atoms with E-state index < -0.39 is 18.1 Å². The topological polar surface area (TPSA) is 198 Å². The second-order valence-electron chi connectivity index (χ2n) is 28.8. The summed E-state index contributed by atoms with van der Waals surface area (Å²) in [6, 6.07) is 37.7. The Morgan fingerprint density at radius 2 is 0.739 bits per heavy atom. The molecule has 0 bridgehead atoms. The van der Waals surface area contributed by atoms with Gasteiger partial charge in [-0.1, -0.05) is 116 Å². The van der Waals surface area contributed by atoms with Gasteiger partial charge in [0.1, 0.15) is 53.0 Å². The standard InChI is InChI=1S/2C28H28Cl2FN5O2.C24H22Cl2FN5O2.C4H7Br/c2*1-3-4-11-35-25(37)17-24-32-18(2)26(27(36(24)35)19-5-10-22(29)23(30)16-19)28(38)34-14-12-33(13-15-34)21-8-6-20(31)7-9-21;1-14-22(24(34)31-10-8-30(9-11-31)17-5-3-16(27)4-6-17)23(15-2-7-18(25)19(26)12-15)32-20(28-14)13-21(33)29-32;5-3-4-1-2-4/h2*3,5-10,16-17,27,32H,1,4,11-15H2,2H3;2-7,12-13,23,28H,8-11H2,1H3,(H,29,33);4H,1-3H2. The summed E-state index contributed by atoms with van der Waals surface area (Å²) in [4.78, 5) is 91.9. The van der Waals surface area contributed by atoms with E-state index in [2.05, 4.69) is 64.8 Å². The fourth-order valence-corrected chi connectivity index (χ4v) is 16.7. The molecule has 9 aromatic rings. The minimum Gasteiger partial charge on any atom is -0.368 e. The highest BCUT2D eigenvalue weighted by atomic mass is 79.9. The number of carbonyl (C=O) groups excluding carboxylic acids is 3. The van der Waals surface area contributed by atoms with Crippen molar-refractivity contribution >= 4 is 138 Å². The van der Waals surface area contributed by atoms with Crippen molar-refractivity contribution in [1.82, 2.24) is 43.2 Å². The zero-order chi connectivity index (χ0) is 81.6. The monoisotopic (exact) mass is 1750 g/mol. The quantitative estimate of drug-likeness (QED) is 0.0528. The number of hydrogen-bond acceptors (Lipinski definition) is 12. The minimum absolute atomic E-state index is 0.119. The molecule has 6 aliphatic heterocycles. The predicted octanol–water partition coefficient (Wildman–Crippen LogP) is 16.7. The number of alkyl halides is 1. The third kappa shape index (κ3) is 18.6. The molecule has 0 radical (unpaired) electrons. The lowest BCUT2D eigenvalue weighted by Gasteiger charge is -2.39. The van der Waals surface area contributed by atoms with Crippen LogP contribution in [-0.4, -0.2) is 145 Å². The average molecular weight is 1750 g/mol. The third-order valence-corrected chi connectivity index (χ3v) is 24.4. The SMILES string of the molecule is BrCC1CC1.C=CCCn1c(=O)cc2n1C(c1ccc(Cl)c(Cl)c1)C(C(=O)N1CCN(c3ccc(F)cc3)CC1)=C(C)N2.C=CCCn1c(=O)cc2n1C(c1ccc(Cl)c(Cl)c1)C(C(=O)N1CCN(c3ccc(F)cc3)CC1)=C(C)N2.CC1=C(C(=O)N2CCN(c3ccc(F)cc3)CC2)C(c2ccc(Cl)c(Cl)c2)n2[nH]c(=O)cc2N1. The van der Waals surface area contributed by atoms with Gasteiger partial charge in [0, 0.05) is 149 Å². The molecular weight excluding hydrogens is 1660 g/mol. The molecule has 3 amide bonds. The highest BCUT2D eigenvalue weighted by Gasteiger charge is 2.41. The number of anilines is 6. The summed E-state index contributed by atoms with van der Waals surface area (Å²) in [7, 11) is 0. The Morgan fingerprint density at radius 1 is 0.426 bits per heavy atom. The van der Waals surface area contributed by atoms with E-state index in [1.165, 1.54) is 60.6 Å². The zero-order valence-electron chi connectivity index (χ0n) is 63.3. The number of H-pyrrole nitrogens is 1. The smallest absolute Gasteiger partial charge is 0.268 e. The molecule has 3 atom stereocenters. The van der Waals surface area contributed by atoms with E-state index in [1.54, 1.807) is 122 Å². The van der Waals surface area contributed by atoms with Crippen LogP contribution >= 0.6 is 85.5 Å². The molecular formula is C84H85BrCl6F3N15O6. The summed E-state index contributed by atoms with van der Waals surface area (Å²) in [6.45, 7) is 20.7. The first-order chi connectivity index (χ1) is 55.3. The lowest BCUT2D eigenvalue weighted by Crippen LogP contribution is -2.50. The van der Waals surface area contributed by atoms with Crippen LogP contribution in [0.15, 0.2) is 219 Å². The van der Waals surface area contributed by atoms with Crippen LogP contribution in [0.3, 0.4) is 0 Å². The van der Waals surface area contributed by atoms with Gasteiger partial charge in [-0.3, -0.25) is 47.9 Å². The number of aromatic nitrogens is 6. The number of aromatic amines is 1. The van der Waals surface area contributed by atoms with Crippen molar-refractivity contribution in [3.05, 3.63) is 300 Å². The van der Waals surface area contributed by atoms with Crippen LogP contribution in [0, 0.1) is 23.4 Å². The van der Waals surface area contributed by atoms with Crippen LogP contribution in [0.1, 0.15) is 81.3 Å². The van der Waals surface area contributed by atoms with E-state index in [1.807, 2.05) is 52.1 Å². The van der Waals surface area contributed by atoms with Crippen molar-refractivity contribution < 1.29 is 27.6 Å². The average Bonchev–Trinajstić information content (AvgIpc) is 1.66. The van der Waals surface area contributed by atoms with E-state index in [0.717, 1.165) is 39.7 Å². The number of carbonyl (C=O) groups is 3. The lowest BCUT2D eigenvalue weighted by atomic mass is 9.94. The van der Waals surface area contributed by atoms with Crippen LogP contribution in [0.4, 0.5) is 47.7 Å². The normalized spacial score (nSPS) is 17.8. The molecule has 4 N–H and O–H groups in total. The molecule has 31 heteroatoms. The summed E-state index contributed by atoms with van der Waals surface area (Å²) in [5.74, 6) is 1.62. The van der Waals surface area contributed by atoms with E-state index in [0.29, 0.717) is 186 Å². The van der Waals surface area contributed by atoms with Crippen LogP contribution < -0.4 is 47.3 Å². The number of benzene rings is 6. The molecule has 602 valence electrons. The largest absolute Gasteiger partial charge is 0.368 e. The molecule has 21 nitrogen and oxygen atoms in total. The number of nitrogens with zero attached hydrogens (tertiary/aromatic N) is 11. The Labute approximate surface area is 701 Å². The zero-order valence-corrected chi connectivity index (χ0v) is 69.4. The van der Waals surface area contributed by atoms with Gasteiger partial charge >= 0.3 is 0 Å². The summed E-state index contributed by atoms with van der Waals surface area (Å²) in [6.07, 6.45) is 7.62. The Balaban J connectivity index is 0.000000146. The summed E-state index contributed by atoms with van der Waals surface area (Å²) in [5, 5.41) is 16.1. The molecule has 3 saturated heterocycles. The Hall–Kier alpha value is -9.73. The molecule has 0 spiro atoms. The van der Waals surface area contributed by atoms with Crippen molar-refractivity contribution in [2.24, 2.45) is 5.92 Å². The molecule has 9 heterocycles. The van der Waals surface area contributed by atoms with Crippen LogP contribution in [0.5, 0.6) is 0 Å². The van der Waals surface area contributed by atoms with Gasteiger partial charge in [-0.2, -0.15) is 0 Å². The van der Waals surface area contributed by atoms with Gasteiger partial charge in [0.25, 0.3) is 34.4 Å². The number of fused-ring (bicyclic) bond motifs is 3. The first-order valence-corrected chi connectivity index (χ1v) is 41.1. The first kappa shape index (κ1) is 83.2. The van der Waals surface area contributed by atoms with Gasteiger partial charge in [-0.15, -0.1) is 13.2 Å². The number of halogens is 10. The highest BCUT2D eigenvalue weighted by Crippen LogP contribution is 2.43. The molecule has 16 rings (SSSR count). The van der Waals surface area contributed by atoms with Crippen molar-refractivity contribution in [2.45, 2.75) is 77.7 Å². The van der Waals surface area contributed by atoms with E-state index >= 15 is 0 Å². The molecule has 3 aromatic heterocycles. The Morgan fingerprint density at radius 3 is 1.03 bits per heavy atom. The summed E-state index contributed by atoms with van der Waals surface area (Å²) >= 11 is 41.0. The summed E-state index contributed by atoms with van der Waals surface area (Å²) in [5.41, 5.74) is 7.98. The number of allylic oxidation sites excluding steroid dienone is 5. The van der Waals surface area contributed by atoms with Crippen molar-refractivity contribution in [3.8, 4) is 0 Å². The molecule has 6 aromatic carbocycles. The number of piperazine rings is 3. The molecule has 1 saturated carbocycles.